The molecule has 5 heteroatoms. The molecule has 2 N–H and O–H groups in total. The van der Waals surface area contributed by atoms with Gasteiger partial charge in [0.15, 0.2) is 0 Å². The van der Waals surface area contributed by atoms with E-state index in [1.165, 1.54) is 0 Å². The van der Waals surface area contributed by atoms with Gasteiger partial charge in [-0.15, -0.1) is 0 Å². The molecule has 0 aliphatic carbocycles. The molecular weight excluding hydrogens is 256 g/mol. The van der Waals surface area contributed by atoms with Gasteiger partial charge in [0, 0.05) is 36.9 Å². The topological polar surface area (TPSA) is 67.4 Å². The fourth-order valence-electron chi connectivity index (χ4n) is 2.20. The molecule has 0 spiro atoms. The van der Waals surface area contributed by atoms with E-state index in [0.29, 0.717) is 31.0 Å². The first-order valence-electron chi connectivity index (χ1n) is 6.97. The minimum Gasteiger partial charge on any atom is -0.381 e. The van der Waals surface area contributed by atoms with Crippen LogP contribution in [-0.4, -0.2) is 31.6 Å². The Morgan fingerprint density at radius 3 is 2.75 bits per heavy atom. The Hall–Kier alpha value is -1.88. The molecule has 0 saturated carbocycles. The lowest BCUT2D eigenvalue weighted by Crippen LogP contribution is -2.28. The van der Waals surface area contributed by atoms with Gasteiger partial charge in [0.1, 0.15) is 0 Å². The summed E-state index contributed by atoms with van der Waals surface area (Å²) >= 11 is 0. The van der Waals surface area contributed by atoms with Crippen LogP contribution in [0.15, 0.2) is 24.3 Å². The summed E-state index contributed by atoms with van der Waals surface area (Å²) in [5.74, 6) is -0.132. The van der Waals surface area contributed by atoms with Crippen molar-refractivity contribution in [1.82, 2.24) is 5.32 Å². The summed E-state index contributed by atoms with van der Waals surface area (Å²) in [7, 11) is 0. The largest absolute Gasteiger partial charge is 0.381 e. The number of benzene rings is 1. The summed E-state index contributed by atoms with van der Waals surface area (Å²) in [5, 5.41) is 5.61. The Kier molecular flexibility index (Phi) is 5.12. The van der Waals surface area contributed by atoms with E-state index in [1.54, 1.807) is 24.3 Å². The van der Waals surface area contributed by atoms with Gasteiger partial charge in [-0.25, -0.2) is 0 Å². The number of carbonyl (C=O) groups excluding carboxylic acids is 2. The van der Waals surface area contributed by atoms with E-state index >= 15 is 0 Å². The third-order valence-corrected chi connectivity index (χ3v) is 3.32. The van der Waals surface area contributed by atoms with Crippen molar-refractivity contribution >= 4 is 17.5 Å². The van der Waals surface area contributed by atoms with E-state index in [4.69, 9.17) is 4.74 Å². The lowest BCUT2D eigenvalue weighted by molar-refractivity contribution is -0.122. The molecule has 0 radical (unpaired) electrons. The summed E-state index contributed by atoms with van der Waals surface area (Å²) in [6, 6.07) is 6.99. The smallest absolute Gasteiger partial charge is 0.251 e. The van der Waals surface area contributed by atoms with Crippen molar-refractivity contribution in [2.45, 2.75) is 19.8 Å². The summed E-state index contributed by atoms with van der Waals surface area (Å²) in [6.07, 6.45) is 1.50. The number of carbonyl (C=O) groups is 2. The summed E-state index contributed by atoms with van der Waals surface area (Å²) in [4.78, 5) is 23.9. The zero-order valence-corrected chi connectivity index (χ0v) is 11.6. The van der Waals surface area contributed by atoms with Crippen LogP contribution < -0.4 is 10.6 Å². The Morgan fingerprint density at radius 1 is 1.30 bits per heavy atom. The van der Waals surface area contributed by atoms with Crippen LogP contribution >= 0.6 is 0 Å². The van der Waals surface area contributed by atoms with Crippen LogP contribution in [0.3, 0.4) is 0 Å². The molecule has 1 fully saturated rings. The average Bonchev–Trinajstić information content (AvgIpc) is 2.48. The zero-order valence-electron chi connectivity index (χ0n) is 11.6. The maximum Gasteiger partial charge on any atom is 0.251 e. The van der Waals surface area contributed by atoms with Crippen LogP contribution in [-0.2, 0) is 9.53 Å². The highest BCUT2D eigenvalue weighted by atomic mass is 16.5. The summed E-state index contributed by atoms with van der Waals surface area (Å²) in [5.41, 5.74) is 1.21. The first-order valence-corrected chi connectivity index (χ1v) is 6.97. The fraction of sp³-hybridized carbons (Fsp3) is 0.467. The predicted molar refractivity (Wildman–Crippen MR) is 76.6 cm³/mol. The third kappa shape index (κ3) is 3.81. The van der Waals surface area contributed by atoms with Crippen molar-refractivity contribution in [3.05, 3.63) is 29.8 Å². The van der Waals surface area contributed by atoms with Crippen LogP contribution in [0.5, 0.6) is 0 Å². The minimum absolute atomic E-state index is 0.00125. The van der Waals surface area contributed by atoms with Crippen LogP contribution in [0.4, 0.5) is 5.69 Å². The molecule has 1 aromatic rings. The number of anilines is 1. The maximum atomic E-state index is 12.1. The van der Waals surface area contributed by atoms with Gasteiger partial charge in [0.05, 0.1) is 0 Å². The molecule has 1 aliphatic heterocycles. The zero-order chi connectivity index (χ0) is 14.4. The number of nitrogens with one attached hydrogen (secondary N) is 2. The molecule has 0 unspecified atom stereocenters. The maximum absolute atomic E-state index is 12.1. The van der Waals surface area contributed by atoms with Crippen LogP contribution in [0, 0.1) is 5.92 Å². The second-order valence-electron chi connectivity index (χ2n) is 4.82. The van der Waals surface area contributed by atoms with Crippen LogP contribution in [0.2, 0.25) is 0 Å². The van der Waals surface area contributed by atoms with Gasteiger partial charge in [-0.1, -0.05) is 6.07 Å². The van der Waals surface area contributed by atoms with Gasteiger partial charge >= 0.3 is 0 Å². The highest BCUT2D eigenvalue weighted by Gasteiger charge is 2.21. The SMILES string of the molecule is CCNC(=O)c1cccc(NC(=O)C2CCOCC2)c1. The molecule has 5 nitrogen and oxygen atoms in total. The molecule has 0 atom stereocenters. The average molecular weight is 276 g/mol. The second kappa shape index (κ2) is 7.05. The van der Waals surface area contributed by atoms with E-state index in [1.807, 2.05) is 6.92 Å². The predicted octanol–water partition coefficient (Wildman–Crippen LogP) is 1.80. The van der Waals surface area contributed by atoms with Crippen molar-refractivity contribution in [1.29, 1.82) is 0 Å². The first kappa shape index (κ1) is 14.5. The third-order valence-electron chi connectivity index (χ3n) is 3.32. The van der Waals surface area contributed by atoms with E-state index in [-0.39, 0.29) is 17.7 Å². The van der Waals surface area contributed by atoms with E-state index in [2.05, 4.69) is 10.6 Å². The number of amides is 2. The van der Waals surface area contributed by atoms with Crippen molar-refractivity contribution < 1.29 is 14.3 Å². The molecule has 20 heavy (non-hydrogen) atoms. The Labute approximate surface area is 118 Å². The number of hydrogen-bond acceptors (Lipinski definition) is 3. The number of rotatable bonds is 4. The Balaban J connectivity index is 2.00. The van der Waals surface area contributed by atoms with E-state index < -0.39 is 0 Å². The van der Waals surface area contributed by atoms with Crippen molar-refractivity contribution in [2.75, 3.05) is 25.1 Å². The van der Waals surface area contributed by atoms with Crippen molar-refractivity contribution in [3.8, 4) is 0 Å². The molecule has 1 heterocycles. The van der Waals surface area contributed by atoms with Gasteiger partial charge in [-0.05, 0) is 38.0 Å². The molecule has 0 bridgehead atoms. The minimum atomic E-state index is -0.130. The highest BCUT2D eigenvalue weighted by Crippen LogP contribution is 2.18. The highest BCUT2D eigenvalue weighted by molar-refractivity contribution is 5.97. The lowest BCUT2D eigenvalue weighted by Gasteiger charge is -2.21. The van der Waals surface area contributed by atoms with Gasteiger partial charge in [-0.3, -0.25) is 9.59 Å². The van der Waals surface area contributed by atoms with Crippen molar-refractivity contribution in [3.63, 3.8) is 0 Å². The second-order valence-corrected chi connectivity index (χ2v) is 4.82. The van der Waals surface area contributed by atoms with Gasteiger partial charge in [0.2, 0.25) is 5.91 Å². The molecule has 1 saturated heterocycles. The number of hydrogen-bond donors (Lipinski definition) is 2. The quantitative estimate of drug-likeness (QED) is 0.881. The normalized spacial score (nSPS) is 15.7. The van der Waals surface area contributed by atoms with Crippen molar-refractivity contribution in [2.24, 2.45) is 5.92 Å². The number of ether oxygens (including phenoxy) is 1. The summed E-state index contributed by atoms with van der Waals surface area (Å²) in [6.45, 7) is 3.72. The monoisotopic (exact) mass is 276 g/mol. The molecule has 1 aliphatic rings. The molecule has 2 rings (SSSR count). The van der Waals surface area contributed by atoms with E-state index in [0.717, 1.165) is 12.8 Å². The Morgan fingerprint density at radius 2 is 2.05 bits per heavy atom. The molecular formula is C15H20N2O3. The molecule has 1 aromatic carbocycles. The first-order chi connectivity index (χ1) is 9.70. The standard InChI is InChI=1S/C15H20N2O3/c1-2-16-14(18)12-4-3-5-13(10-12)17-15(19)11-6-8-20-9-7-11/h3-5,10-11H,2,6-9H2,1H3,(H,16,18)(H,17,19). The fourth-order valence-corrected chi connectivity index (χ4v) is 2.20. The van der Waals surface area contributed by atoms with Crippen LogP contribution in [0.1, 0.15) is 30.1 Å². The van der Waals surface area contributed by atoms with Gasteiger partial charge < -0.3 is 15.4 Å². The molecule has 0 aromatic heterocycles. The van der Waals surface area contributed by atoms with E-state index in [9.17, 15) is 9.59 Å². The van der Waals surface area contributed by atoms with Gasteiger partial charge in [0.25, 0.3) is 5.91 Å². The summed E-state index contributed by atoms with van der Waals surface area (Å²) < 4.78 is 5.24. The Bertz CT molecular complexity index is 482. The van der Waals surface area contributed by atoms with Gasteiger partial charge in [-0.2, -0.15) is 0 Å². The lowest BCUT2D eigenvalue weighted by atomic mass is 9.99. The molecule has 108 valence electrons. The molecule has 2 amide bonds. The van der Waals surface area contributed by atoms with Crippen LogP contribution in [0.25, 0.3) is 0 Å².